The van der Waals surface area contributed by atoms with E-state index in [9.17, 15) is 4.79 Å². The summed E-state index contributed by atoms with van der Waals surface area (Å²) in [5.74, 6) is -0.755. The summed E-state index contributed by atoms with van der Waals surface area (Å²) in [5.41, 5.74) is 2.23. The highest BCUT2D eigenvalue weighted by Crippen LogP contribution is 2.22. The fourth-order valence-corrected chi connectivity index (χ4v) is 2.77. The van der Waals surface area contributed by atoms with E-state index in [0.717, 1.165) is 35.4 Å². The second-order valence-corrected chi connectivity index (χ2v) is 5.39. The molecule has 2 unspecified atom stereocenters. The molecule has 0 aliphatic carbocycles. The number of carboxylic acid groups (broad SMARTS) is 1. The predicted molar refractivity (Wildman–Crippen MR) is 72.1 cm³/mol. The second-order valence-electron chi connectivity index (χ2n) is 4.98. The Morgan fingerprint density at radius 2 is 2.28 bits per heavy atom. The Kier molecular flexibility index (Phi) is 4.25. The molecular formula is C14H18ClNO2. The number of carbonyl (C=O) groups is 1. The molecule has 2 rings (SSSR count). The lowest BCUT2D eigenvalue weighted by molar-refractivity contribution is -0.140. The molecule has 1 saturated heterocycles. The van der Waals surface area contributed by atoms with Gasteiger partial charge in [0.2, 0.25) is 0 Å². The highest BCUT2D eigenvalue weighted by Gasteiger charge is 2.26. The van der Waals surface area contributed by atoms with E-state index in [1.54, 1.807) is 0 Å². The Balaban J connectivity index is 2.02. The molecule has 1 aromatic carbocycles. The molecule has 18 heavy (non-hydrogen) atoms. The van der Waals surface area contributed by atoms with Crippen LogP contribution in [-0.2, 0) is 11.2 Å². The summed E-state index contributed by atoms with van der Waals surface area (Å²) in [5, 5.41) is 13.0. The molecule has 1 aliphatic heterocycles. The normalized spacial score (nSPS) is 23.9. The standard InChI is InChI=1S/C14H18ClNO2/c1-9-5-6-10(12(15)7-9)8-11-3-2-4-13(16-11)14(17)18/h5-7,11,13,16H,2-4,8H2,1H3,(H,17,18). The molecule has 0 spiro atoms. The van der Waals surface area contributed by atoms with Crippen molar-refractivity contribution in [3.63, 3.8) is 0 Å². The molecular weight excluding hydrogens is 250 g/mol. The fourth-order valence-electron chi connectivity index (χ4n) is 2.46. The lowest BCUT2D eigenvalue weighted by atomic mass is 9.93. The molecule has 0 saturated carbocycles. The summed E-state index contributed by atoms with van der Waals surface area (Å²) in [4.78, 5) is 11.0. The molecule has 2 atom stereocenters. The number of halogens is 1. The number of aryl methyl sites for hydroxylation is 1. The van der Waals surface area contributed by atoms with E-state index in [4.69, 9.17) is 16.7 Å². The Morgan fingerprint density at radius 3 is 2.94 bits per heavy atom. The summed E-state index contributed by atoms with van der Waals surface area (Å²) in [7, 11) is 0. The van der Waals surface area contributed by atoms with Gasteiger partial charge < -0.3 is 10.4 Å². The van der Waals surface area contributed by atoms with Crippen LogP contribution in [-0.4, -0.2) is 23.2 Å². The third kappa shape index (κ3) is 3.24. The zero-order valence-corrected chi connectivity index (χ0v) is 11.2. The van der Waals surface area contributed by atoms with Gasteiger partial charge in [-0.25, -0.2) is 0 Å². The zero-order chi connectivity index (χ0) is 13.1. The van der Waals surface area contributed by atoms with Crippen LogP contribution in [0.4, 0.5) is 0 Å². The molecule has 1 aromatic rings. The molecule has 0 aromatic heterocycles. The lowest BCUT2D eigenvalue weighted by Gasteiger charge is -2.28. The first-order chi connectivity index (χ1) is 8.56. The fraction of sp³-hybridized carbons (Fsp3) is 0.500. The first-order valence-electron chi connectivity index (χ1n) is 6.30. The molecule has 4 heteroatoms. The monoisotopic (exact) mass is 267 g/mol. The molecule has 0 radical (unpaired) electrons. The molecule has 1 aliphatic rings. The number of piperidine rings is 1. The van der Waals surface area contributed by atoms with Crippen molar-refractivity contribution < 1.29 is 9.90 Å². The molecule has 1 heterocycles. The third-order valence-electron chi connectivity index (χ3n) is 3.46. The van der Waals surface area contributed by atoms with Crippen LogP contribution in [0.25, 0.3) is 0 Å². The topological polar surface area (TPSA) is 49.3 Å². The van der Waals surface area contributed by atoms with Gasteiger partial charge in [0.1, 0.15) is 6.04 Å². The number of hydrogen-bond acceptors (Lipinski definition) is 2. The smallest absolute Gasteiger partial charge is 0.320 e. The van der Waals surface area contributed by atoms with Crippen LogP contribution in [0, 0.1) is 6.92 Å². The first-order valence-corrected chi connectivity index (χ1v) is 6.68. The van der Waals surface area contributed by atoms with Crippen LogP contribution >= 0.6 is 11.6 Å². The molecule has 1 fully saturated rings. The first kappa shape index (κ1) is 13.4. The van der Waals surface area contributed by atoms with Crippen LogP contribution in [0.3, 0.4) is 0 Å². The maximum absolute atomic E-state index is 11.0. The van der Waals surface area contributed by atoms with E-state index in [2.05, 4.69) is 5.32 Å². The van der Waals surface area contributed by atoms with Crippen LogP contribution in [0.5, 0.6) is 0 Å². The Morgan fingerprint density at radius 1 is 1.50 bits per heavy atom. The average molecular weight is 268 g/mol. The largest absolute Gasteiger partial charge is 0.480 e. The van der Waals surface area contributed by atoms with Crippen LogP contribution in [0.1, 0.15) is 30.4 Å². The van der Waals surface area contributed by atoms with E-state index in [-0.39, 0.29) is 6.04 Å². The maximum Gasteiger partial charge on any atom is 0.320 e. The number of aliphatic carboxylic acids is 1. The minimum atomic E-state index is -0.755. The van der Waals surface area contributed by atoms with Gasteiger partial charge in [0.15, 0.2) is 0 Å². The number of rotatable bonds is 3. The highest BCUT2D eigenvalue weighted by atomic mass is 35.5. The van der Waals surface area contributed by atoms with E-state index in [0.29, 0.717) is 6.42 Å². The summed E-state index contributed by atoms with van der Waals surface area (Å²) < 4.78 is 0. The van der Waals surface area contributed by atoms with Gasteiger partial charge in [0.05, 0.1) is 0 Å². The minimum Gasteiger partial charge on any atom is -0.480 e. The van der Waals surface area contributed by atoms with Gasteiger partial charge in [0.25, 0.3) is 0 Å². The Bertz CT molecular complexity index is 447. The van der Waals surface area contributed by atoms with Crippen molar-refractivity contribution in [1.29, 1.82) is 0 Å². The van der Waals surface area contributed by atoms with Gasteiger partial charge in [-0.3, -0.25) is 4.79 Å². The summed E-state index contributed by atoms with van der Waals surface area (Å²) in [6.45, 7) is 2.01. The van der Waals surface area contributed by atoms with Crippen molar-refractivity contribution in [2.24, 2.45) is 0 Å². The molecule has 2 N–H and O–H groups in total. The Labute approximate surface area is 112 Å². The second kappa shape index (κ2) is 5.72. The van der Waals surface area contributed by atoms with E-state index < -0.39 is 12.0 Å². The van der Waals surface area contributed by atoms with Gasteiger partial charge >= 0.3 is 5.97 Å². The summed E-state index contributed by atoms with van der Waals surface area (Å²) in [6, 6.07) is 5.82. The Hall–Kier alpha value is -1.06. The van der Waals surface area contributed by atoms with Crippen LogP contribution < -0.4 is 5.32 Å². The van der Waals surface area contributed by atoms with Crippen molar-refractivity contribution in [3.05, 3.63) is 34.3 Å². The van der Waals surface area contributed by atoms with Gasteiger partial charge in [-0.05, 0) is 49.8 Å². The highest BCUT2D eigenvalue weighted by molar-refractivity contribution is 6.31. The van der Waals surface area contributed by atoms with Crippen molar-refractivity contribution in [1.82, 2.24) is 5.32 Å². The van der Waals surface area contributed by atoms with Crippen molar-refractivity contribution in [2.75, 3.05) is 0 Å². The predicted octanol–water partition coefficient (Wildman–Crippen LogP) is 2.79. The van der Waals surface area contributed by atoms with Gasteiger partial charge in [-0.2, -0.15) is 0 Å². The molecule has 0 bridgehead atoms. The van der Waals surface area contributed by atoms with Crippen molar-refractivity contribution in [3.8, 4) is 0 Å². The van der Waals surface area contributed by atoms with Crippen LogP contribution in [0.2, 0.25) is 5.02 Å². The third-order valence-corrected chi connectivity index (χ3v) is 3.81. The van der Waals surface area contributed by atoms with Gasteiger partial charge in [0, 0.05) is 11.1 Å². The molecule has 3 nitrogen and oxygen atoms in total. The maximum atomic E-state index is 11.0. The minimum absolute atomic E-state index is 0.208. The van der Waals surface area contributed by atoms with Gasteiger partial charge in [-0.15, -0.1) is 0 Å². The number of nitrogens with one attached hydrogen (secondary N) is 1. The number of benzene rings is 1. The number of carboxylic acids is 1. The lowest BCUT2D eigenvalue weighted by Crippen LogP contribution is -2.47. The van der Waals surface area contributed by atoms with Crippen molar-refractivity contribution in [2.45, 2.75) is 44.7 Å². The van der Waals surface area contributed by atoms with E-state index in [1.165, 1.54) is 0 Å². The average Bonchev–Trinajstić information content (AvgIpc) is 2.33. The molecule has 98 valence electrons. The SMILES string of the molecule is Cc1ccc(CC2CCCC(C(=O)O)N2)c(Cl)c1. The van der Waals surface area contributed by atoms with E-state index >= 15 is 0 Å². The summed E-state index contributed by atoms with van der Waals surface area (Å²) >= 11 is 6.20. The quantitative estimate of drug-likeness (QED) is 0.885. The molecule has 0 amide bonds. The number of hydrogen-bond donors (Lipinski definition) is 2. The van der Waals surface area contributed by atoms with Gasteiger partial charge in [-0.1, -0.05) is 23.7 Å². The van der Waals surface area contributed by atoms with Crippen molar-refractivity contribution >= 4 is 17.6 Å². The van der Waals surface area contributed by atoms with Crippen LogP contribution in [0.15, 0.2) is 18.2 Å². The zero-order valence-electron chi connectivity index (χ0n) is 10.4. The van der Waals surface area contributed by atoms with E-state index in [1.807, 2.05) is 25.1 Å². The summed E-state index contributed by atoms with van der Waals surface area (Å²) in [6.07, 6.45) is 3.47.